The highest BCUT2D eigenvalue weighted by Gasteiger charge is 2.16. The van der Waals surface area contributed by atoms with Gasteiger partial charge in [-0.25, -0.2) is 0 Å². The number of thiophene rings is 2. The Balaban J connectivity index is 2.41. The summed E-state index contributed by atoms with van der Waals surface area (Å²) in [5.41, 5.74) is 0. The molecule has 0 spiro atoms. The molecule has 0 N–H and O–H groups in total. The molecule has 2 aromatic rings. The van der Waals surface area contributed by atoms with E-state index in [1.54, 1.807) is 23.5 Å². The number of rotatable bonds is 3. The Bertz CT molecular complexity index is 537. The second kappa shape index (κ2) is 4.05. The van der Waals surface area contributed by atoms with Gasteiger partial charge >= 0.3 is 10.1 Å². The van der Waals surface area contributed by atoms with E-state index < -0.39 is 10.1 Å². The molecule has 15 heavy (non-hydrogen) atoms. The molecule has 2 heterocycles. The molecule has 3 nitrogen and oxygen atoms in total. The summed E-state index contributed by atoms with van der Waals surface area (Å²) in [6, 6.07) is 7.25. The zero-order valence-corrected chi connectivity index (χ0v) is 10.3. The highest BCUT2D eigenvalue weighted by molar-refractivity contribution is 7.89. The Hall–Kier alpha value is -0.690. The van der Waals surface area contributed by atoms with Crippen molar-refractivity contribution in [2.45, 2.75) is 4.21 Å². The molecule has 0 bridgehead atoms. The zero-order valence-electron chi connectivity index (χ0n) is 7.84. The van der Waals surface area contributed by atoms with Crippen molar-refractivity contribution in [3.8, 4) is 9.75 Å². The summed E-state index contributed by atoms with van der Waals surface area (Å²) in [5.74, 6) is 0. The highest BCUT2D eigenvalue weighted by atomic mass is 32.3. The summed E-state index contributed by atoms with van der Waals surface area (Å²) in [6.07, 6.45) is 0. The Labute approximate surface area is 96.1 Å². The van der Waals surface area contributed by atoms with Gasteiger partial charge in [0, 0.05) is 9.75 Å². The largest absolute Gasteiger partial charge is 0.306 e. The van der Waals surface area contributed by atoms with Crippen LogP contribution in [-0.2, 0) is 14.3 Å². The molecule has 0 amide bonds. The molecule has 0 saturated carbocycles. The van der Waals surface area contributed by atoms with Gasteiger partial charge in [0.25, 0.3) is 0 Å². The molecule has 0 aliphatic heterocycles. The maximum Gasteiger partial charge on any atom is 0.306 e. The van der Waals surface area contributed by atoms with E-state index in [4.69, 9.17) is 0 Å². The normalized spacial score (nSPS) is 11.8. The van der Waals surface area contributed by atoms with Crippen molar-refractivity contribution in [2.24, 2.45) is 0 Å². The van der Waals surface area contributed by atoms with Crippen molar-refractivity contribution in [1.29, 1.82) is 0 Å². The Morgan fingerprint density at radius 1 is 1.20 bits per heavy atom. The average Bonchev–Trinajstić information content (AvgIpc) is 2.88. The van der Waals surface area contributed by atoms with Gasteiger partial charge in [0.05, 0.1) is 7.11 Å². The molecule has 6 heteroatoms. The summed E-state index contributed by atoms with van der Waals surface area (Å²) in [4.78, 5) is 2.01. The van der Waals surface area contributed by atoms with Gasteiger partial charge in [-0.05, 0) is 23.6 Å². The maximum atomic E-state index is 11.4. The van der Waals surface area contributed by atoms with E-state index in [-0.39, 0.29) is 4.21 Å². The minimum atomic E-state index is -3.55. The first-order valence-electron chi connectivity index (χ1n) is 4.08. The lowest BCUT2D eigenvalue weighted by atomic mass is 10.4. The molecular weight excluding hydrogens is 252 g/mol. The molecule has 2 aromatic heterocycles. The fourth-order valence-corrected chi connectivity index (χ4v) is 3.94. The minimum Gasteiger partial charge on any atom is -0.269 e. The first kappa shape index (κ1) is 10.8. The lowest BCUT2D eigenvalue weighted by Crippen LogP contribution is -1.99. The lowest BCUT2D eigenvalue weighted by molar-refractivity contribution is 0.399. The van der Waals surface area contributed by atoms with E-state index in [1.807, 2.05) is 17.5 Å². The van der Waals surface area contributed by atoms with Crippen LogP contribution in [-0.4, -0.2) is 15.5 Å². The standard InChI is InChI=1S/C9H8O3S3/c1-12-15(10,11)9-5-4-8(14-9)7-3-2-6-13-7/h2-6H,1H3. The van der Waals surface area contributed by atoms with Gasteiger partial charge in [0.15, 0.2) is 0 Å². The quantitative estimate of drug-likeness (QED) is 0.797. The van der Waals surface area contributed by atoms with E-state index in [1.165, 1.54) is 18.4 Å². The monoisotopic (exact) mass is 260 g/mol. The number of hydrogen-bond acceptors (Lipinski definition) is 5. The third-order valence-corrected chi connectivity index (χ3v) is 5.69. The summed E-state index contributed by atoms with van der Waals surface area (Å²) in [6.45, 7) is 0. The van der Waals surface area contributed by atoms with E-state index in [0.29, 0.717) is 0 Å². The van der Waals surface area contributed by atoms with Crippen LogP contribution in [0.15, 0.2) is 33.9 Å². The summed E-state index contributed by atoms with van der Waals surface area (Å²) in [5, 5.41) is 1.96. The SMILES string of the molecule is COS(=O)(=O)c1ccc(-c2cccs2)s1. The molecule has 0 fully saturated rings. The van der Waals surface area contributed by atoms with E-state index in [2.05, 4.69) is 4.18 Å². The van der Waals surface area contributed by atoms with Crippen LogP contribution >= 0.6 is 22.7 Å². The van der Waals surface area contributed by atoms with Crippen LogP contribution in [0.25, 0.3) is 9.75 Å². The van der Waals surface area contributed by atoms with Crippen LogP contribution in [0.4, 0.5) is 0 Å². The van der Waals surface area contributed by atoms with Gasteiger partial charge in [0.1, 0.15) is 4.21 Å². The molecule has 0 saturated heterocycles. The molecule has 80 valence electrons. The molecule has 0 aliphatic carbocycles. The third-order valence-electron chi connectivity index (χ3n) is 1.81. The molecule has 2 rings (SSSR count). The van der Waals surface area contributed by atoms with Gasteiger partial charge in [-0.1, -0.05) is 6.07 Å². The Morgan fingerprint density at radius 3 is 2.60 bits per heavy atom. The van der Waals surface area contributed by atoms with Gasteiger partial charge in [-0.2, -0.15) is 8.42 Å². The first-order chi connectivity index (χ1) is 7.13. The molecular formula is C9H8O3S3. The first-order valence-corrected chi connectivity index (χ1v) is 7.18. The fourth-order valence-electron chi connectivity index (χ4n) is 1.09. The van der Waals surface area contributed by atoms with Crippen LogP contribution < -0.4 is 0 Å². The highest BCUT2D eigenvalue weighted by Crippen LogP contribution is 2.33. The molecule has 0 radical (unpaired) electrons. The fraction of sp³-hybridized carbons (Fsp3) is 0.111. The Morgan fingerprint density at radius 2 is 2.00 bits per heavy atom. The average molecular weight is 260 g/mol. The second-order valence-corrected chi connectivity index (χ2v) is 6.69. The smallest absolute Gasteiger partial charge is 0.269 e. The van der Waals surface area contributed by atoms with Crippen molar-refractivity contribution in [3.05, 3.63) is 29.6 Å². The van der Waals surface area contributed by atoms with E-state index in [9.17, 15) is 8.42 Å². The van der Waals surface area contributed by atoms with Crippen LogP contribution in [0, 0.1) is 0 Å². The van der Waals surface area contributed by atoms with Crippen molar-refractivity contribution in [2.75, 3.05) is 7.11 Å². The lowest BCUT2D eigenvalue weighted by Gasteiger charge is -1.94. The zero-order chi connectivity index (χ0) is 10.9. The minimum absolute atomic E-state index is 0.244. The van der Waals surface area contributed by atoms with Gasteiger partial charge < -0.3 is 0 Å². The van der Waals surface area contributed by atoms with Crippen LogP contribution in [0.5, 0.6) is 0 Å². The molecule has 0 unspecified atom stereocenters. The summed E-state index contributed by atoms with van der Waals surface area (Å²) >= 11 is 2.80. The molecule has 0 aliphatic rings. The van der Waals surface area contributed by atoms with Crippen molar-refractivity contribution >= 4 is 32.8 Å². The van der Waals surface area contributed by atoms with Gasteiger partial charge in [-0.15, -0.1) is 22.7 Å². The maximum absolute atomic E-state index is 11.4. The second-order valence-electron chi connectivity index (χ2n) is 2.72. The molecule has 0 atom stereocenters. The van der Waals surface area contributed by atoms with Crippen LogP contribution in [0.3, 0.4) is 0 Å². The van der Waals surface area contributed by atoms with Crippen molar-refractivity contribution in [1.82, 2.24) is 0 Å². The predicted molar refractivity (Wildman–Crippen MR) is 61.8 cm³/mol. The van der Waals surface area contributed by atoms with E-state index in [0.717, 1.165) is 9.75 Å². The van der Waals surface area contributed by atoms with Crippen LogP contribution in [0.2, 0.25) is 0 Å². The molecule has 0 aromatic carbocycles. The summed E-state index contributed by atoms with van der Waals surface area (Å²) < 4.78 is 27.4. The van der Waals surface area contributed by atoms with Crippen molar-refractivity contribution in [3.63, 3.8) is 0 Å². The van der Waals surface area contributed by atoms with Crippen LogP contribution in [0.1, 0.15) is 0 Å². The van der Waals surface area contributed by atoms with Crippen molar-refractivity contribution < 1.29 is 12.6 Å². The summed E-state index contributed by atoms with van der Waals surface area (Å²) in [7, 11) is -2.38. The Kier molecular flexibility index (Phi) is 2.92. The third kappa shape index (κ3) is 2.12. The number of hydrogen-bond donors (Lipinski definition) is 0. The van der Waals surface area contributed by atoms with Gasteiger partial charge in [0.2, 0.25) is 0 Å². The predicted octanol–water partition coefficient (Wildman–Crippen LogP) is 2.81. The topological polar surface area (TPSA) is 43.4 Å². The van der Waals surface area contributed by atoms with E-state index >= 15 is 0 Å². The van der Waals surface area contributed by atoms with Gasteiger partial charge in [-0.3, -0.25) is 4.18 Å².